The molecule has 0 aromatic carbocycles. The molecule has 4 atom stereocenters. The van der Waals surface area contributed by atoms with Gasteiger partial charge in [-0.05, 0) is 33.6 Å². The van der Waals surface area contributed by atoms with E-state index in [9.17, 15) is 14.4 Å². The number of carbonyl (C=O) groups is 3. The highest BCUT2D eigenvalue weighted by molar-refractivity contribution is 5.80. The summed E-state index contributed by atoms with van der Waals surface area (Å²) in [5.74, 6) is -2.36. The van der Waals surface area contributed by atoms with Gasteiger partial charge in [0.05, 0.1) is 11.8 Å². The number of hydrogen-bond acceptors (Lipinski definition) is 3. The minimum absolute atomic E-state index is 0.0120. The Hall–Kier alpha value is -1.79. The van der Waals surface area contributed by atoms with Crippen LogP contribution in [0.5, 0.6) is 0 Å². The number of piperidine rings is 1. The Morgan fingerprint density at radius 1 is 1.30 bits per heavy atom. The molecule has 0 saturated carbocycles. The number of amides is 3. The van der Waals surface area contributed by atoms with Crippen LogP contribution in [-0.4, -0.2) is 46.5 Å². The maximum Gasteiger partial charge on any atom is 0.317 e. The molecule has 1 aliphatic heterocycles. The minimum atomic E-state index is -0.959. The smallest absolute Gasteiger partial charge is 0.317 e. The first kappa shape index (κ1) is 16.3. The Morgan fingerprint density at radius 2 is 1.90 bits per heavy atom. The number of carboxylic acid groups (broad SMARTS) is 1. The Balaban J connectivity index is 2.65. The normalized spacial score (nSPS) is 25.6. The topological polar surface area (TPSA) is 113 Å². The van der Waals surface area contributed by atoms with Gasteiger partial charge >= 0.3 is 12.0 Å². The van der Waals surface area contributed by atoms with Crippen molar-refractivity contribution < 1.29 is 19.5 Å². The van der Waals surface area contributed by atoms with E-state index in [0.717, 1.165) is 0 Å². The van der Waals surface area contributed by atoms with Crippen molar-refractivity contribution in [1.82, 2.24) is 10.2 Å². The molecule has 1 aliphatic rings. The molecular weight excluding hydrogens is 262 g/mol. The summed E-state index contributed by atoms with van der Waals surface area (Å²) in [6.45, 7) is 5.38. The zero-order valence-electron chi connectivity index (χ0n) is 12.1. The molecule has 114 valence electrons. The van der Waals surface area contributed by atoms with E-state index in [2.05, 4.69) is 5.32 Å². The van der Waals surface area contributed by atoms with Crippen LogP contribution in [0, 0.1) is 11.8 Å². The molecule has 4 N–H and O–H groups in total. The fourth-order valence-corrected chi connectivity index (χ4v) is 2.24. The molecule has 0 aliphatic carbocycles. The van der Waals surface area contributed by atoms with Crippen molar-refractivity contribution in [3.63, 3.8) is 0 Å². The van der Waals surface area contributed by atoms with Crippen LogP contribution in [0.25, 0.3) is 0 Å². The molecule has 0 aromatic heterocycles. The van der Waals surface area contributed by atoms with E-state index < -0.39 is 23.8 Å². The average molecular weight is 285 g/mol. The molecule has 0 bridgehead atoms. The summed E-state index contributed by atoms with van der Waals surface area (Å²) in [5.41, 5.74) is 5.29. The Kier molecular flexibility index (Phi) is 5.35. The first-order valence-corrected chi connectivity index (χ1v) is 6.83. The number of rotatable bonds is 4. The second-order valence-corrected chi connectivity index (χ2v) is 5.54. The van der Waals surface area contributed by atoms with Crippen LogP contribution in [0.1, 0.15) is 33.6 Å². The molecule has 1 rings (SSSR count). The van der Waals surface area contributed by atoms with Gasteiger partial charge in [0.15, 0.2) is 0 Å². The molecule has 0 spiro atoms. The lowest BCUT2D eigenvalue weighted by molar-refractivity contribution is -0.141. The molecule has 1 heterocycles. The van der Waals surface area contributed by atoms with Crippen molar-refractivity contribution in [2.75, 3.05) is 6.54 Å². The van der Waals surface area contributed by atoms with Gasteiger partial charge in [-0.3, -0.25) is 9.59 Å². The third kappa shape index (κ3) is 3.85. The highest BCUT2D eigenvalue weighted by atomic mass is 16.4. The van der Waals surface area contributed by atoms with E-state index in [-0.39, 0.29) is 24.5 Å². The molecule has 20 heavy (non-hydrogen) atoms. The monoisotopic (exact) mass is 285 g/mol. The predicted molar refractivity (Wildman–Crippen MR) is 72.9 cm³/mol. The van der Waals surface area contributed by atoms with Crippen LogP contribution in [0.4, 0.5) is 4.79 Å². The van der Waals surface area contributed by atoms with Crippen LogP contribution < -0.4 is 11.1 Å². The second kappa shape index (κ2) is 6.58. The third-order valence-corrected chi connectivity index (χ3v) is 4.04. The maximum absolute atomic E-state index is 12.2. The molecule has 3 amide bonds. The number of nitrogens with zero attached hydrogens (tertiary/aromatic N) is 1. The van der Waals surface area contributed by atoms with Gasteiger partial charge < -0.3 is 21.1 Å². The first-order chi connectivity index (χ1) is 9.23. The quantitative estimate of drug-likeness (QED) is 0.693. The number of carboxylic acids is 1. The summed E-state index contributed by atoms with van der Waals surface area (Å²) < 4.78 is 0. The van der Waals surface area contributed by atoms with E-state index in [1.165, 1.54) is 0 Å². The lowest BCUT2D eigenvalue weighted by Gasteiger charge is -2.37. The third-order valence-electron chi connectivity index (χ3n) is 4.04. The summed E-state index contributed by atoms with van der Waals surface area (Å²) in [7, 11) is 0. The summed E-state index contributed by atoms with van der Waals surface area (Å²) in [6, 6.07) is -0.817. The number of hydrogen-bond donors (Lipinski definition) is 3. The standard InChI is InChI=1S/C13H23N3O4/c1-7-4-5-10(11(14)17)6-16(7)13(20)15-9(3)8(2)12(18)19/h7-10H,4-6H2,1-3H3,(H2,14,17)(H,15,20)(H,18,19). The number of carbonyl (C=O) groups excluding carboxylic acids is 2. The van der Waals surface area contributed by atoms with Gasteiger partial charge in [0.2, 0.25) is 5.91 Å². The Morgan fingerprint density at radius 3 is 2.40 bits per heavy atom. The predicted octanol–water partition coefficient (Wildman–Crippen LogP) is 0.391. The van der Waals surface area contributed by atoms with Gasteiger partial charge in [-0.25, -0.2) is 4.79 Å². The Bertz CT molecular complexity index is 399. The molecule has 1 fully saturated rings. The molecule has 1 saturated heterocycles. The summed E-state index contributed by atoms with van der Waals surface area (Å²) in [6.07, 6.45) is 1.39. The molecule has 0 radical (unpaired) electrons. The molecule has 7 nitrogen and oxygen atoms in total. The maximum atomic E-state index is 12.2. The molecule has 7 heteroatoms. The van der Waals surface area contributed by atoms with Crippen molar-refractivity contribution in [3.05, 3.63) is 0 Å². The van der Waals surface area contributed by atoms with Crippen LogP contribution in [0.3, 0.4) is 0 Å². The van der Waals surface area contributed by atoms with E-state index in [4.69, 9.17) is 10.8 Å². The van der Waals surface area contributed by atoms with Gasteiger partial charge in [0.25, 0.3) is 0 Å². The first-order valence-electron chi connectivity index (χ1n) is 6.83. The zero-order valence-corrected chi connectivity index (χ0v) is 12.1. The number of likely N-dealkylation sites (tertiary alicyclic amines) is 1. The number of primary amides is 1. The fourth-order valence-electron chi connectivity index (χ4n) is 2.24. The number of urea groups is 1. The van der Waals surface area contributed by atoms with Gasteiger partial charge in [0, 0.05) is 18.6 Å². The SMILES string of the molecule is CC(NC(=O)N1CC(C(N)=O)CCC1C)C(C)C(=O)O. The zero-order chi connectivity index (χ0) is 15.4. The minimum Gasteiger partial charge on any atom is -0.481 e. The van der Waals surface area contributed by atoms with E-state index in [0.29, 0.717) is 12.8 Å². The number of nitrogens with two attached hydrogens (primary N) is 1. The summed E-state index contributed by atoms with van der Waals surface area (Å²) >= 11 is 0. The van der Waals surface area contributed by atoms with E-state index >= 15 is 0 Å². The highest BCUT2D eigenvalue weighted by Gasteiger charge is 2.33. The number of nitrogens with one attached hydrogen (secondary N) is 1. The van der Waals surface area contributed by atoms with Crippen molar-refractivity contribution in [1.29, 1.82) is 0 Å². The van der Waals surface area contributed by atoms with Crippen molar-refractivity contribution in [2.24, 2.45) is 17.6 Å². The van der Waals surface area contributed by atoms with E-state index in [1.54, 1.807) is 18.7 Å². The van der Waals surface area contributed by atoms with Crippen LogP contribution in [-0.2, 0) is 9.59 Å². The van der Waals surface area contributed by atoms with Gasteiger partial charge in [0.1, 0.15) is 0 Å². The van der Waals surface area contributed by atoms with Gasteiger partial charge in [-0.1, -0.05) is 0 Å². The highest BCUT2D eigenvalue weighted by Crippen LogP contribution is 2.21. The molecular formula is C13H23N3O4. The van der Waals surface area contributed by atoms with Gasteiger partial charge in [-0.2, -0.15) is 0 Å². The summed E-state index contributed by atoms with van der Waals surface area (Å²) in [4.78, 5) is 35.9. The van der Waals surface area contributed by atoms with Crippen molar-refractivity contribution in [3.8, 4) is 0 Å². The van der Waals surface area contributed by atoms with Crippen LogP contribution >= 0.6 is 0 Å². The Labute approximate surface area is 118 Å². The van der Waals surface area contributed by atoms with Gasteiger partial charge in [-0.15, -0.1) is 0 Å². The number of aliphatic carboxylic acids is 1. The van der Waals surface area contributed by atoms with Crippen molar-refractivity contribution >= 4 is 17.9 Å². The van der Waals surface area contributed by atoms with Crippen LogP contribution in [0.2, 0.25) is 0 Å². The average Bonchev–Trinajstić information content (AvgIpc) is 2.37. The van der Waals surface area contributed by atoms with Crippen molar-refractivity contribution in [2.45, 2.75) is 45.7 Å². The largest absolute Gasteiger partial charge is 0.481 e. The van der Waals surface area contributed by atoms with Crippen LogP contribution in [0.15, 0.2) is 0 Å². The second-order valence-electron chi connectivity index (χ2n) is 5.54. The lowest BCUT2D eigenvalue weighted by Crippen LogP contribution is -2.54. The van der Waals surface area contributed by atoms with E-state index in [1.807, 2.05) is 6.92 Å². The molecule has 0 aromatic rings. The summed E-state index contributed by atoms with van der Waals surface area (Å²) in [5, 5.41) is 11.6. The molecule has 4 unspecified atom stereocenters. The fraction of sp³-hybridized carbons (Fsp3) is 0.769. The lowest BCUT2D eigenvalue weighted by atomic mass is 9.93.